The van der Waals surface area contributed by atoms with E-state index in [-0.39, 0.29) is 10.6 Å². The molecule has 0 N–H and O–H groups in total. The molecule has 22 heavy (non-hydrogen) atoms. The van der Waals surface area contributed by atoms with Gasteiger partial charge in [0.25, 0.3) is 0 Å². The van der Waals surface area contributed by atoms with Gasteiger partial charge in [-0.05, 0) is 37.3 Å². The van der Waals surface area contributed by atoms with Crippen molar-refractivity contribution in [1.29, 1.82) is 0 Å². The lowest BCUT2D eigenvalue weighted by Gasteiger charge is -2.25. The fraction of sp³-hybridized carbons (Fsp3) is 0.500. The number of methoxy groups -OCH3 is 2. The molecule has 0 spiro atoms. The van der Waals surface area contributed by atoms with Gasteiger partial charge in [-0.1, -0.05) is 18.2 Å². The summed E-state index contributed by atoms with van der Waals surface area (Å²) in [6.07, 6.45) is 7.23. The van der Waals surface area contributed by atoms with Gasteiger partial charge in [0.15, 0.2) is 11.5 Å². The molecule has 0 heterocycles. The molecule has 1 aromatic rings. The zero-order chi connectivity index (χ0) is 16.2. The molecule has 1 aliphatic rings. The van der Waals surface area contributed by atoms with Crippen molar-refractivity contribution in [3.05, 3.63) is 30.4 Å². The Labute approximate surface area is 132 Å². The quantitative estimate of drug-likeness (QED) is 0.755. The predicted octanol–water partition coefficient (Wildman–Crippen LogP) is 2.68. The third-order valence-corrected chi connectivity index (χ3v) is 5.80. The lowest BCUT2D eigenvalue weighted by molar-refractivity contribution is 0.340. The Hall–Kier alpha value is -1.53. The van der Waals surface area contributed by atoms with E-state index in [2.05, 4.69) is 12.2 Å². The van der Waals surface area contributed by atoms with E-state index in [1.54, 1.807) is 25.2 Å². The number of benzene rings is 1. The maximum Gasteiger partial charge on any atom is 0.246 e. The number of para-hydroxylation sites is 1. The minimum atomic E-state index is -3.61. The maximum atomic E-state index is 12.8. The van der Waals surface area contributed by atoms with Crippen molar-refractivity contribution in [2.75, 3.05) is 27.8 Å². The number of hydrogen-bond acceptors (Lipinski definition) is 4. The molecule has 0 amide bonds. The van der Waals surface area contributed by atoms with Crippen LogP contribution in [-0.2, 0) is 10.0 Å². The van der Waals surface area contributed by atoms with Crippen molar-refractivity contribution in [1.82, 2.24) is 4.31 Å². The number of nitrogens with zero attached hydrogens (tertiary/aromatic N) is 1. The fourth-order valence-electron chi connectivity index (χ4n) is 2.71. The van der Waals surface area contributed by atoms with Gasteiger partial charge in [-0.25, -0.2) is 12.7 Å². The van der Waals surface area contributed by atoms with Crippen molar-refractivity contribution >= 4 is 10.0 Å². The molecule has 122 valence electrons. The van der Waals surface area contributed by atoms with Gasteiger partial charge in [-0.15, -0.1) is 0 Å². The van der Waals surface area contributed by atoms with Crippen LogP contribution in [0.5, 0.6) is 11.5 Å². The smallest absolute Gasteiger partial charge is 0.246 e. The Morgan fingerprint density at radius 1 is 1.23 bits per heavy atom. The monoisotopic (exact) mass is 325 g/mol. The van der Waals surface area contributed by atoms with Crippen LogP contribution >= 0.6 is 0 Å². The van der Waals surface area contributed by atoms with Crippen LogP contribution in [-0.4, -0.2) is 40.5 Å². The first kappa shape index (κ1) is 16.8. The SMILES string of the molecule is COc1cccc(S(=O)(=O)N(C)CC2CC=CCC2)c1OC. The van der Waals surface area contributed by atoms with E-state index in [4.69, 9.17) is 9.47 Å². The molecule has 1 unspecified atom stereocenters. The highest BCUT2D eigenvalue weighted by Crippen LogP contribution is 2.35. The summed E-state index contributed by atoms with van der Waals surface area (Å²) >= 11 is 0. The summed E-state index contributed by atoms with van der Waals surface area (Å²) < 4.78 is 37.5. The molecule has 0 radical (unpaired) electrons. The van der Waals surface area contributed by atoms with Gasteiger partial charge in [-0.2, -0.15) is 0 Å². The van der Waals surface area contributed by atoms with Crippen molar-refractivity contribution in [2.45, 2.75) is 24.2 Å². The zero-order valence-corrected chi connectivity index (χ0v) is 14.1. The summed E-state index contributed by atoms with van der Waals surface area (Å²) in [5.41, 5.74) is 0. The molecule has 6 heteroatoms. The second kappa shape index (κ2) is 7.15. The summed E-state index contributed by atoms with van der Waals surface area (Å²) in [7, 11) is 0.948. The van der Waals surface area contributed by atoms with E-state index in [1.165, 1.54) is 18.5 Å². The minimum Gasteiger partial charge on any atom is -0.493 e. The standard InChI is InChI=1S/C16H23NO4S/c1-17(12-13-8-5-4-6-9-13)22(18,19)15-11-7-10-14(20-2)16(15)21-3/h4-5,7,10-11,13H,6,8-9,12H2,1-3H3. The van der Waals surface area contributed by atoms with Gasteiger partial charge >= 0.3 is 0 Å². The second-order valence-electron chi connectivity index (χ2n) is 5.43. The molecule has 0 aliphatic heterocycles. The Morgan fingerprint density at radius 3 is 2.59 bits per heavy atom. The Balaban J connectivity index is 2.27. The first-order valence-electron chi connectivity index (χ1n) is 7.33. The molecule has 0 aromatic heterocycles. The van der Waals surface area contributed by atoms with Crippen molar-refractivity contribution in [3.8, 4) is 11.5 Å². The van der Waals surface area contributed by atoms with Crippen molar-refractivity contribution < 1.29 is 17.9 Å². The number of hydrogen-bond donors (Lipinski definition) is 0. The van der Waals surface area contributed by atoms with Gasteiger partial charge in [-0.3, -0.25) is 0 Å². The predicted molar refractivity (Wildman–Crippen MR) is 85.8 cm³/mol. The summed E-state index contributed by atoms with van der Waals surface area (Å²) in [5, 5.41) is 0. The molecule has 1 aliphatic carbocycles. The minimum absolute atomic E-state index is 0.142. The van der Waals surface area contributed by atoms with E-state index in [9.17, 15) is 8.42 Å². The number of allylic oxidation sites excluding steroid dienone is 2. The van der Waals surface area contributed by atoms with Crippen LogP contribution in [0.2, 0.25) is 0 Å². The third kappa shape index (κ3) is 3.44. The first-order chi connectivity index (χ1) is 10.5. The molecular weight excluding hydrogens is 302 g/mol. The molecule has 1 aromatic carbocycles. The van der Waals surface area contributed by atoms with Crippen LogP contribution in [0.25, 0.3) is 0 Å². The second-order valence-corrected chi connectivity index (χ2v) is 7.44. The molecular formula is C16H23NO4S. The van der Waals surface area contributed by atoms with Crippen LogP contribution in [0, 0.1) is 5.92 Å². The van der Waals surface area contributed by atoms with E-state index in [1.807, 2.05) is 0 Å². The molecule has 0 bridgehead atoms. The molecule has 0 fully saturated rings. The normalized spacial score (nSPS) is 18.5. The highest BCUT2D eigenvalue weighted by molar-refractivity contribution is 7.89. The van der Waals surface area contributed by atoms with Crippen LogP contribution in [0.3, 0.4) is 0 Å². The van der Waals surface area contributed by atoms with Crippen LogP contribution < -0.4 is 9.47 Å². The lowest BCUT2D eigenvalue weighted by Crippen LogP contribution is -2.32. The van der Waals surface area contributed by atoms with Crippen LogP contribution in [0.4, 0.5) is 0 Å². The highest BCUT2D eigenvalue weighted by atomic mass is 32.2. The van der Waals surface area contributed by atoms with E-state index in [0.29, 0.717) is 18.2 Å². The summed E-state index contributed by atoms with van der Waals surface area (Å²) in [4.78, 5) is 0.142. The van der Waals surface area contributed by atoms with Gasteiger partial charge < -0.3 is 9.47 Å². The van der Waals surface area contributed by atoms with Gasteiger partial charge in [0.2, 0.25) is 10.0 Å². The fourth-order valence-corrected chi connectivity index (χ4v) is 4.12. The molecule has 1 atom stereocenters. The highest BCUT2D eigenvalue weighted by Gasteiger charge is 2.28. The molecule has 5 nitrogen and oxygen atoms in total. The van der Waals surface area contributed by atoms with Crippen molar-refractivity contribution in [3.63, 3.8) is 0 Å². The van der Waals surface area contributed by atoms with Crippen LogP contribution in [0.15, 0.2) is 35.2 Å². The number of ether oxygens (including phenoxy) is 2. The van der Waals surface area contributed by atoms with Gasteiger partial charge in [0.05, 0.1) is 14.2 Å². The number of rotatable bonds is 6. The summed E-state index contributed by atoms with van der Waals surface area (Å²) in [5.74, 6) is 1.03. The molecule has 0 saturated carbocycles. The van der Waals surface area contributed by atoms with E-state index < -0.39 is 10.0 Å². The summed E-state index contributed by atoms with van der Waals surface area (Å²) in [6.45, 7) is 0.507. The lowest BCUT2D eigenvalue weighted by atomic mass is 9.95. The maximum absolute atomic E-state index is 12.8. The Morgan fingerprint density at radius 2 is 2.00 bits per heavy atom. The Kier molecular flexibility index (Phi) is 5.47. The molecule has 0 saturated heterocycles. The van der Waals surface area contributed by atoms with Crippen molar-refractivity contribution in [2.24, 2.45) is 5.92 Å². The van der Waals surface area contributed by atoms with Gasteiger partial charge in [0, 0.05) is 13.6 Å². The zero-order valence-electron chi connectivity index (χ0n) is 13.3. The third-order valence-electron chi connectivity index (χ3n) is 3.95. The van der Waals surface area contributed by atoms with Gasteiger partial charge in [0.1, 0.15) is 4.90 Å². The molecule has 2 rings (SSSR count). The topological polar surface area (TPSA) is 55.8 Å². The van der Waals surface area contributed by atoms with E-state index in [0.717, 1.165) is 19.3 Å². The largest absolute Gasteiger partial charge is 0.493 e. The van der Waals surface area contributed by atoms with E-state index >= 15 is 0 Å². The summed E-state index contributed by atoms with van der Waals surface area (Å²) in [6, 6.07) is 4.89. The Bertz CT molecular complexity index is 640. The average Bonchev–Trinajstić information content (AvgIpc) is 2.54. The number of sulfonamides is 1. The van der Waals surface area contributed by atoms with Crippen LogP contribution in [0.1, 0.15) is 19.3 Å². The first-order valence-corrected chi connectivity index (χ1v) is 8.77. The average molecular weight is 325 g/mol.